The second-order valence-corrected chi connectivity index (χ2v) is 8.54. The van der Waals surface area contributed by atoms with Crippen LogP contribution in [0.2, 0.25) is 5.02 Å². The molecule has 2 atom stereocenters. The van der Waals surface area contributed by atoms with E-state index in [1.807, 2.05) is 13.0 Å². The molecule has 0 bridgehead atoms. The van der Waals surface area contributed by atoms with Gasteiger partial charge in [-0.05, 0) is 30.7 Å². The first-order valence-electron chi connectivity index (χ1n) is 9.38. The fourth-order valence-corrected chi connectivity index (χ4v) is 4.22. The maximum absolute atomic E-state index is 12.5. The van der Waals surface area contributed by atoms with Gasteiger partial charge in [-0.3, -0.25) is 14.4 Å². The van der Waals surface area contributed by atoms with Crippen molar-refractivity contribution in [2.24, 2.45) is 0 Å². The van der Waals surface area contributed by atoms with Crippen LogP contribution in [0.5, 0.6) is 5.75 Å². The van der Waals surface area contributed by atoms with Crippen LogP contribution in [0, 0.1) is 0 Å². The highest BCUT2D eigenvalue weighted by Crippen LogP contribution is 2.38. The highest BCUT2D eigenvalue weighted by Gasteiger charge is 2.26. The summed E-state index contributed by atoms with van der Waals surface area (Å²) in [5.41, 5.74) is -1.17. The van der Waals surface area contributed by atoms with Gasteiger partial charge >= 0.3 is 0 Å². The van der Waals surface area contributed by atoms with E-state index in [2.05, 4.69) is 10.6 Å². The number of phenols is 1. The van der Waals surface area contributed by atoms with E-state index < -0.39 is 27.6 Å². The highest BCUT2D eigenvalue weighted by molar-refractivity contribution is 7.82. The van der Waals surface area contributed by atoms with Crippen molar-refractivity contribution in [1.29, 1.82) is 0 Å². The van der Waals surface area contributed by atoms with Crippen molar-refractivity contribution in [3.05, 3.63) is 61.8 Å². The van der Waals surface area contributed by atoms with Gasteiger partial charge in [0.2, 0.25) is 0 Å². The first kappa shape index (κ1) is 23.0. The summed E-state index contributed by atoms with van der Waals surface area (Å²) in [6, 6.07) is 6.30. The van der Waals surface area contributed by atoms with Gasteiger partial charge < -0.3 is 20.2 Å². The third-order valence-electron chi connectivity index (χ3n) is 4.79. The minimum atomic E-state index is -1.92. The van der Waals surface area contributed by atoms with Gasteiger partial charge in [-0.1, -0.05) is 18.5 Å². The maximum Gasteiger partial charge on any atom is 0.253 e. The Hall–Kier alpha value is -2.66. The smallest absolute Gasteiger partial charge is 0.253 e. The van der Waals surface area contributed by atoms with Gasteiger partial charge in [-0.25, -0.2) is 4.21 Å². The van der Waals surface area contributed by atoms with Crippen molar-refractivity contribution < 1.29 is 18.6 Å². The molecule has 2 aromatic carbocycles. The number of phenolic OH excluding ortho intramolecular Hbond substituents is 1. The Morgan fingerprint density at radius 3 is 2.58 bits per heavy atom. The van der Waals surface area contributed by atoms with Crippen molar-refractivity contribution in [3.8, 4) is 5.75 Å². The monoisotopic (exact) mass is 467 g/mol. The summed E-state index contributed by atoms with van der Waals surface area (Å²) >= 11 is 6.10. The van der Waals surface area contributed by atoms with Gasteiger partial charge in [-0.2, -0.15) is 0 Å². The quantitative estimate of drug-likeness (QED) is 0.236. The Morgan fingerprint density at radius 1 is 1.26 bits per heavy atom. The molecule has 1 heterocycles. The average Bonchev–Trinajstić information content (AvgIpc) is 3.28. The molecule has 0 aliphatic carbocycles. The average molecular weight is 468 g/mol. The van der Waals surface area contributed by atoms with Gasteiger partial charge in [0.15, 0.2) is 16.7 Å². The number of hydrogen-bond acceptors (Lipinski definition) is 8. The molecular formula is C20H22ClN3O6S. The standard InChI is InChI=1S/C20H22ClN3O6S/c1-4-11(10-12-6-5-9-30-12)22-15-16(19(27)18(15)26)23-14-8-7-13(21)20(17(14)25)31(28)24(2)29-3/h5-9,11,22-23,25H,4,10H2,1-3H3/t11-,31?/m1/s1. The fourth-order valence-electron chi connectivity index (χ4n) is 2.97. The van der Waals surface area contributed by atoms with Crippen LogP contribution in [0.3, 0.4) is 0 Å². The van der Waals surface area contributed by atoms with Gasteiger partial charge in [0, 0.05) is 19.5 Å². The summed E-state index contributed by atoms with van der Waals surface area (Å²) in [7, 11) is 0.811. The third kappa shape index (κ3) is 4.67. The van der Waals surface area contributed by atoms with E-state index in [-0.39, 0.29) is 33.0 Å². The SMILES string of the molecule is CC[C@H](Cc1ccco1)Nc1c(Nc2ccc(Cl)c(S(=O)N(C)OC)c2O)c(=O)c1=O. The zero-order chi connectivity index (χ0) is 22.7. The van der Waals surface area contributed by atoms with Crippen LogP contribution in [0.25, 0.3) is 0 Å². The molecule has 0 amide bonds. The largest absolute Gasteiger partial charge is 0.504 e. The van der Waals surface area contributed by atoms with Crippen molar-refractivity contribution in [2.45, 2.75) is 30.7 Å². The number of furan rings is 1. The Labute approximate surface area is 185 Å². The Balaban J connectivity index is 1.87. The molecule has 1 unspecified atom stereocenters. The molecule has 1 aromatic heterocycles. The molecule has 0 radical (unpaired) electrons. The van der Waals surface area contributed by atoms with Crippen LogP contribution in [0.1, 0.15) is 19.1 Å². The number of halogens is 1. The van der Waals surface area contributed by atoms with Gasteiger partial charge in [0.05, 0.1) is 24.1 Å². The van der Waals surface area contributed by atoms with E-state index in [9.17, 15) is 18.9 Å². The number of rotatable bonds is 10. The molecule has 0 spiro atoms. The van der Waals surface area contributed by atoms with Crippen LogP contribution >= 0.6 is 11.6 Å². The lowest BCUT2D eigenvalue weighted by Crippen LogP contribution is -2.39. The predicted molar refractivity (Wildman–Crippen MR) is 119 cm³/mol. The van der Waals surface area contributed by atoms with E-state index in [1.54, 1.807) is 12.3 Å². The van der Waals surface area contributed by atoms with E-state index in [0.29, 0.717) is 12.8 Å². The topological polar surface area (TPSA) is 121 Å². The van der Waals surface area contributed by atoms with E-state index in [0.717, 1.165) is 10.2 Å². The maximum atomic E-state index is 12.5. The number of anilines is 3. The number of hydrogen-bond donors (Lipinski definition) is 3. The number of nitrogens with one attached hydrogen (secondary N) is 2. The molecular weight excluding hydrogens is 446 g/mol. The molecule has 3 aromatic rings. The summed E-state index contributed by atoms with van der Waals surface area (Å²) in [6.07, 6.45) is 2.77. The number of nitrogens with zero attached hydrogens (tertiary/aromatic N) is 1. The molecule has 3 N–H and O–H groups in total. The van der Waals surface area contributed by atoms with E-state index in [4.69, 9.17) is 20.9 Å². The Morgan fingerprint density at radius 2 is 1.97 bits per heavy atom. The fraction of sp³-hybridized carbons (Fsp3) is 0.300. The van der Waals surface area contributed by atoms with Crippen LogP contribution in [-0.2, 0) is 22.2 Å². The lowest BCUT2D eigenvalue weighted by atomic mass is 10.1. The number of aromatic hydroxyl groups is 1. The molecule has 0 saturated heterocycles. The number of benzene rings is 1. The van der Waals surface area contributed by atoms with Crippen LogP contribution in [0.15, 0.2) is 49.4 Å². The Kier molecular flexibility index (Phi) is 7.16. The van der Waals surface area contributed by atoms with Gasteiger partial charge in [0.25, 0.3) is 10.9 Å². The first-order chi connectivity index (χ1) is 14.8. The van der Waals surface area contributed by atoms with Crippen molar-refractivity contribution in [1.82, 2.24) is 4.47 Å². The molecule has 0 aliphatic rings. The normalized spacial score (nSPS) is 13.5. The molecule has 11 heteroatoms. The predicted octanol–water partition coefficient (Wildman–Crippen LogP) is 2.93. The first-order valence-corrected chi connectivity index (χ1v) is 10.9. The second-order valence-electron chi connectivity index (χ2n) is 6.71. The third-order valence-corrected chi connectivity index (χ3v) is 6.59. The second kappa shape index (κ2) is 9.65. The molecule has 166 valence electrons. The lowest BCUT2D eigenvalue weighted by molar-refractivity contribution is -0.0205. The van der Waals surface area contributed by atoms with Crippen LogP contribution in [0.4, 0.5) is 17.1 Å². The zero-order valence-corrected chi connectivity index (χ0v) is 18.7. The minimum absolute atomic E-state index is 0.0114. The van der Waals surface area contributed by atoms with E-state index >= 15 is 0 Å². The van der Waals surface area contributed by atoms with Crippen molar-refractivity contribution in [3.63, 3.8) is 0 Å². The van der Waals surface area contributed by atoms with Crippen molar-refractivity contribution in [2.75, 3.05) is 24.8 Å². The van der Waals surface area contributed by atoms with Crippen LogP contribution in [-0.4, -0.2) is 34.0 Å². The van der Waals surface area contributed by atoms with Crippen molar-refractivity contribution >= 4 is 39.6 Å². The minimum Gasteiger partial charge on any atom is -0.504 e. The van der Waals surface area contributed by atoms with Crippen LogP contribution < -0.4 is 21.5 Å². The summed E-state index contributed by atoms with van der Waals surface area (Å²) in [6.45, 7) is 1.94. The highest BCUT2D eigenvalue weighted by atomic mass is 35.5. The van der Waals surface area contributed by atoms with E-state index in [1.165, 1.54) is 26.3 Å². The summed E-state index contributed by atoms with van der Waals surface area (Å²) < 4.78 is 18.9. The molecule has 0 aliphatic heterocycles. The summed E-state index contributed by atoms with van der Waals surface area (Å²) in [5.74, 6) is 0.327. The molecule has 0 saturated carbocycles. The van der Waals surface area contributed by atoms with Gasteiger partial charge in [0.1, 0.15) is 22.0 Å². The summed E-state index contributed by atoms with van der Waals surface area (Å²) in [4.78, 5) is 29.2. The zero-order valence-electron chi connectivity index (χ0n) is 17.1. The lowest BCUT2D eigenvalue weighted by Gasteiger charge is -2.22. The molecule has 3 rings (SSSR count). The Bertz CT molecular complexity index is 1160. The summed E-state index contributed by atoms with van der Waals surface area (Å²) in [5, 5.41) is 16.5. The molecule has 0 fully saturated rings. The molecule has 31 heavy (non-hydrogen) atoms. The van der Waals surface area contributed by atoms with Gasteiger partial charge in [-0.15, -0.1) is 4.47 Å². The molecule has 9 nitrogen and oxygen atoms in total. The number of hydroxylamine groups is 1.